The number of carbonyl (C=O) groups excluding carboxylic acids is 1. The van der Waals surface area contributed by atoms with E-state index in [4.69, 9.17) is 0 Å². The molecule has 0 aromatic heterocycles. The lowest BCUT2D eigenvalue weighted by Gasteiger charge is -2.34. The first-order chi connectivity index (χ1) is 6.53. The highest BCUT2D eigenvalue weighted by Crippen LogP contribution is 2.34. The molecule has 0 radical (unpaired) electrons. The molecule has 82 valence electrons. The minimum atomic E-state index is 0.0785. The van der Waals surface area contributed by atoms with Crippen molar-refractivity contribution in [2.45, 2.75) is 45.6 Å². The summed E-state index contributed by atoms with van der Waals surface area (Å²) in [6, 6.07) is 0.542. The van der Waals surface area contributed by atoms with E-state index in [0.717, 1.165) is 0 Å². The van der Waals surface area contributed by atoms with Crippen molar-refractivity contribution in [3.63, 3.8) is 0 Å². The third-order valence-corrected chi connectivity index (χ3v) is 3.17. The summed E-state index contributed by atoms with van der Waals surface area (Å²) in [4.78, 5) is 11.0. The maximum Gasteiger partial charge on any atom is 0.233 e. The third-order valence-electron chi connectivity index (χ3n) is 3.17. The van der Waals surface area contributed by atoms with Crippen LogP contribution in [0, 0.1) is 5.41 Å². The van der Waals surface area contributed by atoms with Gasteiger partial charge in [0.25, 0.3) is 0 Å². The van der Waals surface area contributed by atoms with Gasteiger partial charge in [-0.15, -0.1) is 0 Å². The van der Waals surface area contributed by atoms with Crippen LogP contribution in [0.1, 0.15) is 39.5 Å². The first-order valence-corrected chi connectivity index (χ1v) is 5.47. The molecule has 0 aromatic rings. The maximum atomic E-state index is 11.0. The van der Waals surface area contributed by atoms with Crippen LogP contribution in [-0.4, -0.2) is 25.5 Å². The quantitative estimate of drug-likeness (QED) is 0.717. The monoisotopic (exact) mass is 198 g/mol. The standard InChI is InChI=1S/C11H22N2O/c1-11(2)6-4-9(5-7-11)13-8-10(14)12-3/h9,13H,4-8H2,1-3H3,(H,12,14). The van der Waals surface area contributed by atoms with Crippen LogP contribution in [0.15, 0.2) is 0 Å². The van der Waals surface area contributed by atoms with E-state index in [1.807, 2.05) is 0 Å². The van der Waals surface area contributed by atoms with E-state index in [1.54, 1.807) is 7.05 Å². The summed E-state index contributed by atoms with van der Waals surface area (Å²) >= 11 is 0. The molecule has 0 heterocycles. The molecule has 1 saturated carbocycles. The number of rotatable bonds is 3. The summed E-state index contributed by atoms with van der Waals surface area (Å²) in [6.07, 6.45) is 4.92. The van der Waals surface area contributed by atoms with E-state index in [2.05, 4.69) is 24.5 Å². The fraction of sp³-hybridized carbons (Fsp3) is 0.909. The molecule has 0 aromatic carbocycles. The highest BCUT2D eigenvalue weighted by molar-refractivity contribution is 5.77. The number of amides is 1. The van der Waals surface area contributed by atoms with Crippen LogP contribution in [0.3, 0.4) is 0 Å². The summed E-state index contributed by atoms with van der Waals surface area (Å²) in [5, 5.41) is 5.92. The Morgan fingerprint density at radius 2 is 1.93 bits per heavy atom. The smallest absolute Gasteiger partial charge is 0.233 e. The Balaban J connectivity index is 2.19. The van der Waals surface area contributed by atoms with Crippen molar-refractivity contribution in [1.29, 1.82) is 0 Å². The molecule has 0 unspecified atom stereocenters. The van der Waals surface area contributed by atoms with Crippen LogP contribution in [0.4, 0.5) is 0 Å². The van der Waals surface area contributed by atoms with Gasteiger partial charge in [0.15, 0.2) is 0 Å². The maximum absolute atomic E-state index is 11.0. The zero-order valence-electron chi connectivity index (χ0n) is 9.52. The molecule has 1 aliphatic carbocycles. The Morgan fingerprint density at radius 3 is 2.43 bits per heavy atom. The van der Waals surface area contributed by atoms with Gasteiger partial charge < -0.3 is 10.6 Å². The molecule has 0 bridgehead atoms. The summed E-state index contributed by atoms with van der Waals surface area (Å²) < 4.78 is 0. The Bertz CT molecular complexity index is 191. The third kappa shape index (κ3) is 3.66. The van der Waals surface area contributed by atoms with E-state index >= 15 is 0 Å². The van der Waals surface area contributed by atoms with Gasteiger partial charge in [0, 0.05) is 13.1 Å². The molecule has 0 spiro atoms. The lowest BCUT2D eigenvalue weighted by Crippen LogP contribution is -2.40. The lowest BCUT2D eigenvalue weighted by atomic mass is 9.75. The van der Waals surface area contributed by atoms with E-state index in [9.17, 15) is 4.79 Å². The second-order valence-corrected chi connectivity index (χ2v) is 4.99. The van der Waals surface area contributed by atoms with E-state index < -0.39 is 0 Å². The van der Waals surface area contributed by atoms with Crippen LogP contribution >= 0.6 is 0 Å². The van der Waals surface area contributed by atoms with Crippen molar-refractivity contribution < 1.29 is 4.79 Å². The summed E-state index contributed by atoms with van der Waals surface area (Å²) in [5.74, 6) is 0.0785. The van der Waals surface area contributed by atoms with Gasteiger partial charge >= 0.3 is 0 Å². The number of carbonyl (C=O) groups is 1. The van der Waals surface area contributed by atoms with Gasteiger partial charge in [-0.1, -0.05) is 13.8 Å². The van der Waals surface area contributed by atoms with Gasteiger partial charge in [0.1, 0.15) is 0 Å². The molecule has 0 saturated heterocycles. The predicted molar refractivity (Wildman–Crippen MR) is 58.1 cm³/mol. The molecular formula is C11H22N2O. The Kier molecular flexibility index (Phi) is 3.93. The first-order valence-electron chi connectivity index (χ1n) is 5.47. The second kappa shape index (κ2) is 4.78. The summed E-state index contributed by atoms with van der Waals surface area (Å²) in [7, 11) is 1.67. The average molecular weight is 198 g/mol. The number of nitrogens with one attached hydrogen (secondary N) is 2. The van der Waals surface area contributed by atoms with Crippen molar-refractivity contribution in [2.75, 3.05) is 13.6 Å². The van der Waals surface area contributed by atoms with Crippen molar-refractivity contribution in [3.8, 4) is 0 Å². The van der Waals surface area contributed by atoms with E-state index in [-0.39, 0.29) is 5.91 Å². The van der Waals surface area contributed by atoms with Gasteiger partial charge in [0.2, 0.25) is 5.91 Å². The van der Waals surface area contributed by atoms with Crippen LogP contribution in [0.2, 0.25) is 0 Å². The fourth-order valence-corrected chi connectivity index (χ4v) is 1.93. The molecule has 1 rings (SSSR count). The SMILES string of the molecule is CNC(=O)CNC1CCC(C)(C)CC1. The largest absolute Gasteiger partial charge is 0.358 e. The molecule has 1 amide bonds. The Hall–Kier alpha value is -0.570. The fourth-order valence-electron chi connectivity index (χ4n) is 1.93. The Labute approximate surface area is 86.6 Å². The highest BCUT2D eigenvalue weighted by atomic mass is 16.1. The van der Waals surface area contributed by atoms with Crippen LogP contribution < -0.4 is 10.6 Å². The molecule has 2 N–H and O–H groups in total. The van der Waals surface area contributed by atoms with Gasteiger partial charge in [-0.3, -0.25) is 4.79 Å². The molecular weight excluding hydrogens is 176 g/mol. The summed E-state index contributed by atoms with van der Waals surface area (Å²) in [5.41, 5.74) is 0.505. The molecule has 1 aliphatic rings. The van der Waals surface area contributed by atoms with Gasteiger partial charge in [-0.2, -0.15) is 0 Å². The molecule has 0 aliphatic heterocycles. The van der Waals surface area contributed by atoms with Gasteiger partial charge in [-0.25, -0.2) is 0 Å². The van der Waals surface area contributed by atoms with Gasteiger partial charge in [0.05, 0.1) is 6.54 Å². The van der Waals surface area contributed by atoms with Crippen LogP contribution in [0.5, 0.6) is 0 Å². The molecule has 1 fully saturated rings. The number of hydrogen-bond donors (Lipinski definition) is 2. The topological polar surface area (TPSA) is 41.1 Å². The van der Waals surface area contributed by atoms with Crippen molar-refractivity contribution in [3.05, 3.63) is 0 Å². The zero-order chi connectivity index (χ0) is 10.6. The molecule has 3 nitrogen and oxygen atoms in total. The number of likely N-dealkylation sites (N-methyl/N-ethyl adjacent to an activating group) is 1. The minimum Gasteiger partial charge on any atom is -0.358 e. The normalized spacial score (nSPS) is 21.9. The molecule has 0 atom stereocenters. The average Bonchev–Trinajstić information content (AvgIpc) is 2.16. The van der Waals surface area contributed by atoms with E-state index in [1.165, 1.54) is 25.7 Å². The van der Waals surface area contributed by atoms with Crippen molar-refractivity contribution in [1.82, 2.24) is 10.6 Å². The second-order valence-electron chi connectivity index (χ2n) is 4.99. The van der Waals surface area contributed by atoms with Crippen LogP contribution in [-0.2, 0) is 4.79 Å². The van der Waals surface area contributed by atoms with Gasteiger partial charge in [-0.05, 0) is 31.1 Å². The highest BCUT2D eigenvalue weighted by Gasteiger charge is 2.26. The first kappa shape index (κ1) is 11.5. The summed E-state index contributed by atoms with van der Waals surface area (Å²) in [6.45, 7) is 5.10. The van der Waals surface area contributed by atoms with Crippen molar-refractivity contribution >= 4 is 5.91 Å². The van der Waals surface area contributed by atoms with E-state index in [0.29, 0.717) is 18.0 Å². The molecule has 14 heavy (non-hydrogen) atoms. The minimum absolute atomic E-state index is 0.0785. The predicted octanol–water partition coefficient (Wildman–Crippen LogP) is 1.29. The zero-order valence-corrected chi connectivity index (χ0v) is 9.52. The molecule has 3 heteroatoms. The Morgan fingerprint density at radius 1 is 1.36 bits per heavy atom. The van der Waals surface area contributed by atoms with Crippen LogP contribution in [0.25, 0.3) is 0 Å². The number of hydrogen-bond acceptors (Lipinski definition) is 2. The lowest BCUT2D eigenvalue weighted by molar-refractivity contribution is -0.119. The van der Waals surface area contributed by atoms with Crippen molar-refractivity contribution in [2.24, 2.45) is 5.41 Å².